The molecule has 0 unspecified atom stereocenters. The number of hydrogen-bond donors (Lipinski definition) is 3. The molecule has 3 rings (SSSR count). The van der Waals surface area contributed by atoms with Gasteiger partial charge in [-0.25, -0.2) is 9.18 Å². The molecular formula is C14H13FN6O. The fourth-order valence-electron chi connectivity index (χ4n) is 2.02. The Kier molecular flexibility index (Phi) is 3.57. The zero-order valence-corrected chi connectivity index (χ0v) is 11.7. The molecule has 3 N–H and O–H groups in total. The number of anilines is 2. The number of nitrogens with one attached hydrogen (secondary N) is 3. The fourth-order valence-corrected chi connectivity index (χ4v) is 2.02. The van der Waals surface area contributed by atoms with E-state index in [2.05, 4.69) is 25.9 Å². The van der Waals surface area contributed by atoms with E-state index in [1.807, 2.05) is 0 Å². The topological polar surface area (TPSA) is 87.6 Å². The summed E-state index contributed by atoms with van der Waals surface area (Å²) in [4.78, 5) is 11.8. The Hall–Kier alpha value is -3.16. The summed E-state index contributed by atoms with van der Waals surface area (Å²) in [5, 5.41) is 15.8. The highest BCUT2D eigenvalue weighted by Crippen LogP contribution is 2.22. The van der Waals surface area contributed by atoms with Crippen LogP contribution in [-0.4, -0.2) is 26.0 Å². The largest absolute Gasteiger partial charge is 0.324 e. The summed E-state index contributed by atoms with van der Waals surface area (Å²) in [6, 6.07) is 7.35. The lowest BCUT2D eigenvalue weighted by molar-refractivity contribution is 0.262. The summed E-state index contributed by atoms with van der Waals surface area (Å²) >= 11 is 0. The summed E-state index contributed by atoms with van der Waals surface area (Å²) in [5.74, 6) is 0.0894. The molecule has 0 atom stereocenters. The lowest BCUT2D eigenvalue weighted by Gasteiger charge is -2.01. The maximum absolute atomic E-state index is 13.0. The van der Waals surface area contributed by atoms with Crippen molar-refractivity contribution < 1.29 is 9.18 Å². The number of hydrogen-bond acceptors (Lipinski definition) is 3. The van der Waals surface area contributed by atoms with E-state index in [0.29, 0.717) is 11.5 Å². The average molecular weight is 300 g/mol. The number of H-pyrrole nitrogens is 1. The molecule has 7 nitrogen and oxygen atoms in total. The third-order valence-corrected chi connectivity index (χ3v) is 3.02. The Morgan fingerprint density at radius 1 is 1.27 bits per heavy atom. The summed E-state index contributed by atoms with van der Waals surface area (Å²) in [6.45, 7) is 0. The molecule has 2 amide bonds. The fraction of sp³-hybridized carbons (Fsp3) is 0.0714. The van der Waals surface area contributed by atoms with Gasteiger partial charge in [0.25, 0.3) is 0 Å². The van der Waals surface area contributed by atoms with Crippen LogP contribution in [0.5, 0.6) is 0 Å². The molecule has 2 aromatic heterocycles. The van der Waals surface area contributed by atoms with Gasteiger partial charge in [-0.15, -0.1) is 0 Å². The highest BCUT2D eigenvalue weighted by Gasteiger charge is 2.10. The summed E-state index contributed by atoms with van der Waals surface area (Å²) in [5.41, 5.74) is 2.12. The molecule has 0 aliphatic heterocycles. The molecule has 0 radical (unpaired) electrons. The van der Waals surface area contributed by atoms with Gasteiger partial charge in [-0.3, -0.25) is 15.1 Å². The van der Waals surface area contributed by atoms with Crippen LogP contribution in [0.15, 0.2) is 42.7 Å². The zero-order chi connectivity index (χ0) is 15.5. The number of aryl methyl sites for hydroxylation is 1. The Morgan fingerprint density at radius 3 is 2.73 bits per heavy atom. The first-order chi connectivity index (χ1) is 10.6. The first-order valence-corrected chi connectivity index (χ1v) is 6.48. The zero-order valence-electron chi connectivity index (χ0n) is 11.7. The van der Waals surface area contributed by atoms with Crippen LogP contribution in [0.25, 0.3) is 11.3 Å². The van der Waals surface area contributed by atoms with Gasteiger partial charge in [-0.2, -0.15) is 10.2 Å². The molecule has 2 heterocycles. The maximum atomic E-state index is 13.0. The minimum Gasteiger partial charge on any atom is -0.305 e. The second-order valence-electron chi connectivity index (χ2n) is 4.61. The van der Waals surface area contributed by atoms with Crippen molar-refractivity contribution in [2.24, 2.45) is 7.05 Å². The molecular weight excluding hydrogens is 287 g/mol. The van der Waals surface area contributed by atoms with Crippen molar-refractivity contribution in [3.63, 3.8) is 0 Å². The van der Waals surface area contributed by atoms with E-state index in [1.54, 1.807) is 36.1 Å². The van der Waals surface area contributed by atoms with Crippen molar-refractivity contribution in [1.29, 1.82) is 0 Å². The van der Waals surface area contributed by atoms with E-state index >= 15 is 0 Å². The van der Waals surface area contributed by atoms with Crippen LogP contribution in [-0.2, 0) is 7.05 Å². The van der Waals surface area contributed by atoms with Crippen LogP contribution in [0, 0.1) is 5.82 Å². The number of carbonyl (C=O) groups is 1. The van der Waals surface area contributed by atoms with E-state index in [9.17, 15) is 9.18 Å². The number of urea groups is 1. The molecule has 0 saturated carbocycles. The molecule has 0 saturated heterocycles. The minimum atomic E-state index is -0.426. The number of aromatic amines is 1. The molecule has 3 aromatic rings. The molecule has 0 aliphatic rings. The third-order valence-electron chi connectivity index (χ3n) is 3.02. The summed E-state index contributed by atoms with van der Waals surface area (Å²) in [7, 11) is 1.75. The second kappa shape index (κ2) is 5.68. The highest BCUT2D eigenvalue weighted by atomic mass is 19.1. The van der Waals surface area contributed by atoms with Crippen LogP contribution in [0.4, 0.5) is 20.7 Å². The van der Waals surface area contributed by atoms with E-state index in [4.69, 9.17) is 0 Å². The van der Waals surface area contributed by atoms with Gasteiger partial charge in [-0.05, 0) is 24.3 Å². The monoisotopic (exact) mass is 300 g/mol. The molecule has 22 heavy (non-hydrogen) atoms. The molecule has 0 bridgehead atoms. The van der Waals surface area contributed by atoms with Crippen molar-refractivity contribution >= 4 is 17.5 Å². The smallest absolute Gasteiger partial charge is 0.305 e. The molecule has 112 valence electrons. The van der Waals surface area contributed by atoms with Gasteiger partial charge in [0.1, 0.15) is 5.82 Å². The van der Waals surface area contributed by atoms with Crippen molar-refractivity contribution in [3.8, 4) is 11.3 Å². The third kappa shape index (κ3) is 2.95. The average Bonchev–Trinajstić information content (AvgIpc) is 3.10. The normalized spacial score (nSPS) is 10.5. The van der Waals surface area contributed by atoms with Gasteiger partial charge in [0.15, 0.2) is 5.82 Å². The van der Waals surface area contributed by atoms with Gasteiger partial charge >= 0.3 is 6.03 Å². The first-order valence-electron chi connectivity index (χ1n) is 6.48. The van der Waals surface area contributed by atoms with Crippen LogP contribution in [0.2, 0.25) is 0 Å². The van der Waals surface area contributed by atoms with Crippen LogP contribution in [0.3, 0.4) is 0 Å². The standard InChI is InChI=1S/C14H13FN6O/c1-21-12(9-2-4-10(15)5-3-9)6-13(20-21)19-14(22)18-11-7-16-17-8-11/h2-8H,1H3,(H,16,17)(H2,18,19,20,22). The van der Waals surface area contributed by atoms with Gasteiger partial charge < -0.3 is 5.32 Å². The second-order valence-corrected chi connectivity index (χ2v) is 4.61. The van der Waals surface area contributed by atoms with Gasteiger partial charge in [0, 0.05) is 24.9 Å². The Balaban J connectivity index is 1.74. The molecule has 0 spiro atoms. The van der Waals surface area contributed by atoms with E-state index in [-0.39, 0.29) is 5.82 Å². The number of nitrogens with zero attached hydrogens (tertiary/aromatic N) is 3. The Bertz CT molecular complexity index is 778. The summed E-state index contributed by atoms with van der Waals surface area (Å²) in [6.07, 6.45) is 3.05. The SMILES string of the molecule is Cn1nc(NC(=O)Nc2cn[nH]c2)cc1-c1ccc(F)cc1. The van der Waals surface area contributed by atoms with Crippen molar-refractivity contribution in [2.45, 2.75) is 0 Å². The predicted molar refractivity (Wildman–Crippen MR) is 79.8 cm³/mol. The molecule has 1 aromatic carbocycles. The molecule has 0 aliphatic carbocycles. The Morgan fingerprint density at radius 2 is 2.05 bits per heavy atom. The van der Waals surface area contributed by atoms with Crippen molar-refractivity contribution in [3.05, 3.63) is 48.5 Å². The number of aromatic nitrogens is 4. The maximum Gasteiger partial charge on any atom is 0.324 e. The van der Waals surface area contributed by atoms with E-state index < -0.39 is 6.03 Å². The number of rotatable bonds is 3. The Labute approximate surface area is 125 Å². The van der Waals surface area contributed by atoms with Crippen molar-refractivity contribution in [1.82, 2.24) is 20.0 Å². The van der Waals surface area contributed by atoms with Crippen LogP contribution < -0.4 is 10.6 Å². The summed E-state index contributed by atoms with van der Waals surface area (Å²) < 4.78 is 14.6. The number of carbonyl (C=O) groups excluding carboxylic acids is 1. The minimum absolute atomic E-state index is 0.302. The van der Waals surface area contributed by atoms with Crippen LogP contribution >= 0.6 is 0 Å². The van der Waals surface area contributed by atoms with E-state index in [1.165, 1.54) is 18.3 Å². The quantitative estimate of drug-likeness (QED) is 0.694. The number of halogens is 1. The van der Waals surface area contributed by atoms with Gasteiger partial charge in [0.2, 0.25) is 0 Å². The van der Waals surface area contributed by atoms with Crippen molar-refractivity contribution in [2.75, 3.05) is 10.6 Å². The van der Waals surface area contributed by atoms with Gasteiger partial charge in [0.05, 0.1) is 17.6 Å². The predicted octanol–water partition coefficient (Wildman–Crippen LogP) is 2.59. The van der Waals surface area contributed by atoms with Gasteiger partial charge in [-0.1, -0.05) is 0 Å². The molecule has 8 heteroatoms. The van der Waals surface area contributed by atoms with Crippen LogP contribution in [0.1, 0.15) is 0 Å². The lowest BCUT2D eigenvalue weighted by atomic mass is 10.1. The first kappa shape index (κ1) is 13.8. The number of benzene rings is 1. The highest BCUT2D eigenvalue weighted by molar-refractivity contribution is 5.99. The number of amides is 2. The lowest BCUT2D eigenvalue weighted by Crippen LogP contribution is -2.19. The van der Waals surface area contributed by atoms with E-state index in [0.717, 1.165) is 11.3 Å². The molecule has 0 fully saturated rings.